The number of carbonyl (C=O) groups excluding carboxylic acids is 1. The maximum Gasteiger partial charge on any atom is 0.337 e. The number of alkyl halides is 1. The van der Waals surface area contributed by atoms with Crippen LogP contribution in [0.2, 0.25) is 0 Å². The fourth-order valence-corrected chi connectivity index (χ4v) is 6.04. The first-order valence-corrected chi connectivity index (χ1v) is 12.0. The van der Waals surface area contributed by atoms with Crippen LogP contribution in [0.3, 0.4) is 0 Å². The molecule has 170 valence electrons. The summed E-state index contributed by atoms with van der Waals surface area (Å²) in [6.45, 7) is 5.09. The summed E-state index contributed by atoms with van der Waals surface area (Å²) in [5.74, 6) is -0.211. The van der Waals surface area contributed by atoms with Crippen molar-refractivity contribution in [3.8, 4) is 11.1 Å². The monoisotopic (exact) mass is 454 g/mol. The Balaban J connectivity index is 1.38. The molecular formula is C26H31ClN2O3. The quantitative estimate of drug-likeness (QED) is 0.473. The molecule has 0 N–H and O–H groups in total. The summed E-state index contributed by atoms with van der Waals surface area (Å²) in [6.07, 6.45) is 4.84. The number of benzene rings is 2. The van der Waals surface area contributed by atoms with Gasteiger partial charge in [-0.25, -0.2) is 4.79 Å². The summed E-state index contributed by atoms with van der Waals surface area (Å²) >= 11 is 6.48. The molecule has 32 heavy (non-hydrogen) atoms. The molecule has 3 aliphatic rings. The van der Waals surface area contributed by atoms with Gasteiger partial charge in [-0.2, -0.15) is 0 Å². The molecule has 3 fully saturated rings. The number of anilines is 1. The largest absolute Gasteiger partial charge is 0.465 e. The van der Waals surface area contributed by atoms with Crippen LogP contribution in [0.4, 0.5) is 5.69 Å². The van der Waals surface area contributed by atoms with E-state index in [9.17, 15) is 4.79 Å². The van der Waals surface area contributed by atoms with E-state index in [1.807, 2.05) is 18.2 Å². The Morgan fingerprint density at radius 2 is 1.91 bits per heavy atom. The molecule has 1 aliphatic carbocycles. The number of halogens is 1. The number of rotatable bonds is 4. The number of hydrogen-bond acceptors (Lipinski definition) is 5. The minimum atomic E-state index is -0.434. The maximum atomic E-state index is 12.0. The van der Waals surface area contributed by atoms with Crippen molar-refractivity contribution in [3.05, 3.63) is 54.1 Å². The lowest BCUT2D eigenvalue weighted by atomic mass is 9.85. The minimum Gasteiger partial charge on any atom is -0.465 e. The van der Waals surface area contributed by atoms with Gasteiger partial charge in [-0.3, -0.25) is 4.90 Å². The van der Waals surface area contributed by atoms with Crippen LogP contribution < -0.4 is 4.90 Å². The van der Waals surface area contributed by atoms with Gasteiger partial charge in [0.05, 0.1) is 18.8 Å². The summed E-state index contributed by atoms with van der Waals surface area (Å²) in [4.78, 5) is 16.8. The van der Waals surface area contributed by atoms with Crippen molar-refractivity contribution in [2.45, 2.75) is 49.9 Å². The molecule has 5 rings (SSSR count). The molecule has 2 heterocycles. The van der Waals surface area contributed by atoms with E-state index in [1.54, 1.807) is 6.07 Å². The number of hydrogen-bond donors (Lipinski definition) is 0. The zero-order valence-electron chi connectivity index (χ0n) is 18.8. The predicted octanol–water partition coefficient (Wildman–Crippen LogP) is 5.13. The zero-order chi connectivity index (χ0) is 22.3. The minimum absolute atomic E-state index is 0.240. The maximum absolute atomic E-state index is 12.0. The Morgan fingerprint density at radius 3 is 2.69 bits per heavy atom. The molecule has 6 heteroatoms. The van der Waals surface area contributed by atoms with Crippen LogP contribution in [-0.4, -0.2) is 54.9 Å². The van der Waals surface area contributed by atoms with Crippen molar-refractivity contribution in [1.82, 2.24) is 4.90 Å². The van der Waals surface area contributed by atoms with Crippen molar-refractivity contribution in [1.29, 1.82) is 0 Å². The van der Waals surface area contributed by atoms with Crippen LogP contribution in [0.1, 0.15) is 43.0 Å². The number of methoxy groups -OCH3 is 1. The molecule has 2 saturated heterocycles. The molecule has 0 radical (unpaired) electrons. The third-order valence-electron chi connectivity index (χ3n) is 7.41. The smallest absolute Gasteiger partial charge is 0.337 e. The van der Waals surface area contributed by atoms with E-state index >= 15 is 0 Å². The highest BCUT2D eigenvalue weighted by atomic mass is 35.5. The SMILES string of the molecule is COC(=O)c1cccc(-c2cccc(N3CCN4CC(C5CCCC(Cl)C5)OC43C)c2)c1. The first-order chi connectivity index (χ1) is 15.5. The Bertz CT molecular complexity index is 999. The first kappa shape index (κ1) is 21.7. The highest BCUT2D eigenvalue weighted by molar-refractivity contribution is 6.20. The van der Waals surface area contributed by atoms with E-state index in [4.69, 9.17) is 21.1 Å². The lowest BCUT2D eigenvalue weighted by Crippen LogP contribution is -2.48. The Kier molecular flexibility index (Phi) is 5.91. The number of esters is 1. The Hall–Kier alpha value is -2.08. The lowest BCUT2D eigenvalue weighted by Gasteiger charge is -2.38. The van der Waals surface area contributed by atoms with Crippen LogP contribution in [0.25, 0.3) is 11.1 Å². The second-order valence-corrected chi connectivity index (χ2v) is 9.95. The van der Waals surface area contributed by atoms with E-state index in [0.29, 0.717) is 11.5 Å². The second kappa shape index (κ2) is 8.69. The molecule has 0 aromatic heterocycles. The molecule has 0 bridgehead atoms. The van der Waals surface area contributed by atoms with Crippen LogP contribution >= 0.6 is 11.6 Å². The molecule has 2 aromatic rings. The molecule has 1 saturated carbocycles. The van der Waals surface area contributed by atoms with Crippen molar-refractivity contribution in [3.63, 3.8) is 0 Å². The van der Waals surface area contributed by atoms with Gasteiger partial charge in [0.2, 0.25) is 0 Å². The van der Waals surface area contributed by atoms with Crippen molar-refractivity contribution in [2.75, 3.05) is 31.6 Å². The van der Waals surface area contributed by atoms with E-state index in [0.717, 1.165) is 49.3 Å². The van der Waals surface area contributed by atoms with E-state index in [2.05, 4.69) is 41.0 Å². The summed E-state index contributed by atoms with van der Waals surface area (Å²) in [5.41, 5.74) is 3.76. The standard InChI is InChI=1S/C26H31ClN2O3/c1-26-28(17-24(32-26)20-8-4-10-22(27)15-20)12-13-29(26)23-11-5-7-19(16-23)18-6-3-9-21(14-18)25(30)31-2/h3,5-7,9,11,14,16,20,22,24H,4,8,10,12-13,15,17H2,1-2H3. The van der Waals surface area contributed by atoms with Gasteiger partial charge in [-0.05, 0) is 67.5 Å². The average Bonchev–Trinajstić information content (AvgIpc) is 3.32. The second-order valence-electron chi connectivity index (χ2n) is 9.33. The highest BCUT2D eigenvalue weighted by Crippen LogP contribution is 2.43. The fourth-order valence-electron chi connectivity index (χ4n) is 5.66. The van der Waals surface area contributed by atoms with Gasteiger partial charge in [0.15, 0.2) is 5.85 Å². The van der Waals surface area contributed by atoms with Crippen LogP contribution in [-0.2, 0) is 9.47 Å². The normalized spacial score (nSPS) is 30.3. The molecule has 0 amide bonds. The molecule has 4 atom stereocenters. The summed E-state index contributed by atoms with van der Waals surface area (Å²) < 4.78 is 11.7. The predicted molar refractivity (Wildman–Crippen MR) is 127 cm³/mol. The van der Waals surface area contributed by atoms with Crippen LogP contribution in [0.15, 0.2) is 48.5 Å². The molecule has 2 aliphatic heterocycles. The van der Waals surface area contributed by atoms with Gasteiger partial charge in [0, 0.05) is 30.7 Å². The first-order valence-electron chi connectivity index (χ1n) is 11.6. The fraction of sp³-hybridized carbons (Fsp3) is 0.500. The van der Waals surface area contributed by atoms with Crippen molar-refractivity contribution >= 4 is 23.3 Å². The van der Waals surface area contributed by atoms with E-state index < -0.39 is 5.85 Å². The Labute approximate surface area is 195 Å². The number of carbonyl (C=O) groups is 1. The van der Waals surface area contributed by atoms with Crippen LogP contribution in [0, 0.1) is 5.92 Å². The highest BCUT2D eigenvalue weighted by Gasteiger charge is 2.53. The van der Waals surface area contributed by atoms with Crippen molar-refractivity contribution in [2.24, 2.45) is 5.92 Å². The van der Waals surface area contributed by atoms with E-state index in [-0.39, 0.29) is 17.5 Å². The van der Waals surface area contributed by atoms with Gasteiger partial charge in [0.1, 0.15) is 0 Å². The topological polar surface area (TPSA) is 42.0 Å². The Morgan fingerprint density at radius 1 is 1.12 bits per heavy atom. The number of fused-ring (bicyclic) bond motifs is 1. The molecule has 0 spiro atoms. The zero-order valence-corrected chi connectivity index (χ0v) is 19.6. The number of ether oxygens (including phenoxy) is 2. The summed E-state index contributed by atoms with van der Waals surface area (Å²) in [7, 11) is 1.41. The van der Waals surface area contributed by atoms with E-state index in [1.165, 1.54) is 20.0 Å². The van der Waals surface area contributed by atoms with Gasteiger partial charge < -0.3 is 14.4 Å². The summed E-state index contributed by atoms with van der Waals surface area (Å²) in [6, 6.07) is 16.1. The molecule has 5 nitrogen and oxygen atoms in total. The third kappa shape index (κ3) is 3.91. The number of nitrogens with zero attached hydrogens (tertiary/aromatic N) is 2. The van der Waals surface area contributed by atoms with Gasteiger partial charge in [-0.15, -0.1) is 11.6 Å². The molecule has 4 unspecified atom stereocenters. The van der Waals surface area contributed by atoms with Gasteiger partial charge in [-0.1, -0.05) is 30.7 Å². The molecular weight excluding hydrogens is 424 g/mol. The lowest BCUT2D eigenvalue weighted by molar-refractivity contribution is -0.0860. The van der Waals surface area contributed by atoms with Crippen LogP contribution in [0.5, 0.6) is 0 Å². The van der Waals surface area contributed by atoms with Crippen molar-refractivity contribution < 1.29 is 14.3 Å². The molecule has 2 aromatic carbocycles. The summed E-state index contributed by atoms with van der Waals surface area (Å²) in [5, 5.41) is 0.286. The third-order valence-corrected chi connectivity index (χ3v) is 7.80. The van der Waals surface area contributed by atoms with Gasteiger partial charge >= 0.3 is 5.97 Å². The van der Waals surface area contributed by atoms with Gasteiger partial charge in [0.25, 0.3) is 0 Å². The average molecular weight is 455 g/mol.